The zero-order valence-corrected chi connectivity index (χ0v) is 17.7. The summed E-state index contributed by atoms with van der Waals surface area (Å²) < 4.78 is 11.1. The Hall–Kier alpha value is -1.07. The van der Waals surface area contributed by atoms with Gasteiger partial charge in [-0.05, 0) is 43.9 Å². The Morgan fingerprint density at radius 1 is 1.04 bits per heavy atom. The van der Waals surface area contributed by atoms with Crippen LogP contribution in [-0.2, 0) is 15.9 Å². The summed E-state index contributed by atoms with van der Waals surface area (Å²) in [6, 6.07) is 8.75. The molecule has 0 N–H and O–H groups in total. The summed E-state index contributed by atoms with van der Waals surface area (Å²) in [6.07, 6.45) is 1.90. The number of ether oxygens (including phenoxy) is 2. The van der Waals surface area contributed by atoms with Gasteiger partial charge in [0, 0.05) is 31.9 Å². The number of halogens is 1. The van der Waals surface area contributed by atoms with Crippen LogP contribution in [0.1, 0.15) is 32.8 Å². The first-order chi connectivity index (χ1) is 13.0. The van der Waals surface area contributed by atoms with Gasteiger partial charge in [0.15, 0.2) is 0 Å². The van der Waals surface area contributed by atoms with Crippen LogP contribution >= 0.6 is 11.6 Å². The lowest BCUT2D eigenvalue weighted by molar-refractivity contribution is 0.0170. The van der Waals surface area contributed by atoms with E-state index in [4.69, 9.17) is 21.1 Å². The third-order valence-corrected chi connectivity index (χ3v) is 6.38. The van der Waals surface area contributed by atoms with Gasteiger partial charge in [0.2, 0.25) is 0 Å². The molecule has 2 aliphatic rings. The van der Waals surface area contributed by atoms with Crippen LogP contribution in [0.5, 0.6) is 0 Å². The molecule has 2 fully saturated rings. The van der Waals surface area contributed by atoms with Gasteiger partial charge in [0.25, 0.3) is 0 Å². The van der Waals surface area contributed by atoms with Crippen LogP contribution in [0, 0.1) is 0 Å². The van der Waals surface area contributed by atoms with E-state index in [1.165, 1.54) is 22.4 Å². The maximum Gasteiger partial charge on any atom is 0.115 e. The molecule has 27 heavy (non-hydrogen) atoms. The number of para-hydroxylation sites is 1. The highest BCUT2D eigenvalue weighted by molar-refractivity contribution is 6.25. The maximum absolute atomic E-state index is 7.22. The van der Waals surface area contributed by atoms with Crippen molar-refractivity contribution in [2.24, 2.45) is 0 Å². The molecule has 1 unspecified atom stereocenters. The molecule has 150 valence electrons. The molecule has 1 atom stereocenters. The number of alkyl halides is 1. The summed E-state index contributed by atoms with van der Waals surface area (Å²) in [5, 5.41) is 0. The normalized spacial score (nSPS) is 22.3. The second kappa shape index (κ2) is 9.42. The van der Waals surface area contributed by atoms with Gasteiger partial charge in [-0.3, -0.25) is 4.90 Å². The van der Waals surface area contributed by atoms with Crippen molar-refractivity contribution >= 4 is 17.3 Å². The first-order valence-electron chi connectivity index (χ1n) is 10.2. The lowest BCUT2D eigenvalue weighted by Crippen LogP contribution is -2.50. The van der Waals surface area contributed by atoms with Crippen molar-refractivity contribution < 1.29 is 9.47 Å². The predicted octanol–water partition coefficient (Wildman–Crippen LogP) is 4.08. The van der Waals surface area contributed by atoms with Crippen molar-refractivity contribution in [1.82, 2.24) is 4.90 Å². The molecule has 0 amide bonds. The Morgan fingerprint density at radius 2 is 1.63 bits per heavy atom. The van der Waals surface area contributed by atoms with Gasteiger partial charge in [0.05, 0.1) is 26.4 Å². The Morgan fingerprint density at radius 3 is 2.26 bits per heavy atom. The third kappa shape index (κ3) is 4.86. The van der Waals surface area contributed by atoms with Crippen molar-refractivity contribution in [2.75, 3.05) is 57.5 Å². The molecule has 0 bridgehead atoms. The van der Waals surface area contributed by atoms with Gasteiger partial charge in [-0.1, -0.05) is 42.3 Å². The van der Waals surface area contributed by atoms with Gasteiger partial charge in [-0.2, -0.15) is 0 Å². The Balaban J connectivity index is 1.90. The number of nitrogens with zero attached hydrogens (tertiary/aromatic N) is 2. The lowest BCUT2D eigenvalue weighted by atomic mass is 9.91. The fourth-order valence-corrected chi connectivity index (χ4v) is 4.45. The Labute approximate surface area is 169 Å². The van der Waals surface area contributed by atoms with Gasteiger partial charge in [-0.15, -0.1) is 0 Å². The molecule has 5 heteroatoms. The SMILES string of the molecule is CCC(C)=C(Cc1ccccc1N1CCOCC1)C(C)(Cl)N1CCOCC1. The van der Waals surface area contributed by atoms with Crippen molar-refractivity contribution in [1.29, 1.82) is 0 Å². The van der Waals surface area contributed by atoms with Crippen LogP contribution < -0.4 is 4.90 Å². The highest BCUT2D eigenvalue weighted by atomic mass is 35.5. The average Bonchev–Trinajstić information content (AvgIpc) is 2.73. The van der Waals surface area contributed by atoms with Gasteiger partial charge < -0.3 is 14.4 Å². The highest BCUT2D eigenvalue weighted by Gasteiger charge is 2.35. The zero-order chi connectivity index (χ0) is 19.3. The second-order valence-corrected chi connectivity index (χ2v) is 8.31. The summed E-state index contributed by atoms with van der Waals surface area (Å²) in [7, 11) is 0. The molecule has 0 radical (unpaired) electrons. The van der Waals surface area contributed by atoms with Crippen LogP contribution in [-0.4, -0.2) is 62.5 Å². The predicted molar refractivity (Wildman–Crippen MR) is 113 cm³/mol. The van der Waals surface area contributed by atoms with E-state index in [1.54, 1.807) is 0 Å². The first-order valence-corrected chi connectivity index (χ1v) is 10.5. The number of hydrogen-bond donors (Lipinski definition) is 0. The molecule has 0 aromatic heterocycles. The summed E-state index contributed by atoms with van der Waals surface area (Å²) in [5.74, 6) is 0. The van der Waals surface area contributed by atoms with Crippen LogP contribution in [0.4, 0.5) is 5.69 Å². The van der Waals surface area contributed by atoms with Crippen molar-refractivity contribution in [3.05, 3.63) is 41.0 Å². The second-order valence-electron chi connectivity index (χ2n) is 7.57. The number of benzene rings is 1. The van der Waals surface area contributed by atoms with Crippen molar-refractivity contribution in [3.8, 4) is 0 Å². The summed E-state index contributed by atoms with van der Waals surface area (Å²) in [4.78, 5) is 4.32. The quantitative estimate of drug-likeness (QED) is 0.413. The Kier molecular flexibility index (Phi) is 7.21. The molecule has 0 aliphatic carbocycles. The molecule has 1 aromatic rings. The average molecular weight is 393 g/mol. The Bertz CT molecular complexity index is 647. The summed E-state index contributed by atoms with van der Waals surface area (Å²) >= 11 is 7.22. The fraction of sp³-hybridized carbons (Fsp3) is 0.636. The minimum atomic E-state index is -0.484. The number of allylic oxidation sites excluding steroid dienone is 1. The zero-order valence-electron chi connectivity index (χ0n) is 17.0. The number of rotatable bonds is 6. The van der Waals surface area contributed by atoms with E-state index >= 15 is 0 Å². The molecule has 0 saturated carbocycles. The van der Waals surface area contributed by atoms with Crippen molar-refractivity contribution in [3.63, 3.8) is 0 Å². The van der Waals surface area contributed by atoms with E-state index in [1.807, 2.05) is 0 Å². The van der Waals surface area contributed by atoms with Crippen LogP contribution in [0.25, 0.3) is 0 Å². The fourth-order valence-electron chi connectivity index (χ4n) is 4.05. The molecule has 2 saturated heterocycles. The summed E-state index contributed by atoms with van der Waals surface area (Å²) in [6.45, 7) is 13.4. The number of morpholine rings is 2. The van der Waals surface area contributed by atoms with E-state index in [0.29, 0.717) is 0 Å². The van der Waals surface area contributed by atoms with E-state index in [-0.39, 0.29) is 0 Å². The minimum Gasteiger partial charge on any atom is -0.379 e. The molecule has 3 rings (SSSR count). The topological polar surface area (TPSA) is 24.9 Å². The molecular weight excluding hydrogens is 360 g/mol. The monoisotopic (exact) mass is 392 g/mol. The van der Waals surface area contributed by atoms with E-state index < -0.39 is 5.00 Å². The van der Waals surface area contributed by atoms with Crippen LogP contribution in [0.2, 0.25) is 0 Å². The molecule has 1 aromatic carbocycles. The molecular formula is C22H33ClN2O2. The summed E-state index contributed by atoms with van der Waals surface area (Å²) in [5.41, 5.74) is 5.38. The van der Waals surface area contributed by atoms with Gasteiger partial charge in [-0.25, -0.2) is 0 Å². The molecule has 0 spiro atoms. The van der Waals surface area contributed by atoms with Crippen molar-refractivity contribution in [2.45, 2.75) is 38.6 Å². The smallest absolute Gasteiger partial charge is 0.115 e. The lowest BCUT2D eigenvalue weighted by Gasteiger charge is -2.42. The standard InChI is InChI=1S/C22H33ClN2O2/c1-4-18(2)20(22(3,23)25-11-15-27-16-12-25)17-19-7-5-6-8-21(19)24-9-13-26-14-10-24/h5-8H,4,9-17H2,1-3H3. The number of hydrogen-bond acceptors (Lipinski definition) is 4. The minimum absolute atomic E-state index is 0.484. The first kappa shape index (κ1) is 20.7. The van der Waals surface area contributed by atoms with Gasteiger partial charge in [0.1, 0.15) is 5.00 Å². The number of anilines is 1. The van der Waals surface area contributed by atoms with Crippen LogP contribution in [0.15, 0.2) is 35.4 Å². The van der Waals surface area contributed by atoms with Gasteiger partial charge >= 0.3 is 0 Å². The highest BCUT2D eigenvalue weighted by Crippen LogP contribution is 2.37. The molecule has 2 heterocycles. The van der Waals surface area contributed by atoms with E-state index in [2.05, 4.69) is 54.8 Å². The third-order valence-electron chi connectivity index (χ3n) is 5.91. The van der Waals surface area contributed by atoms with Crippen LogP contribution in [0.3, 0.4) is 0 Å². The molecule has 4 nitrogen and oxygen atoms in total. The molecule has 2 aliphatic heterocycles. The van der Waals surface area contributed by atoms with E-state index in [9.17, 15) is 0 Å². The largest absolute Gasteiger partial charge is 0.379 e. The maximum atomic E-state index is 7.22. The van der Waals surface area contributed by atoms with E-state index in [0.717, 1.165) is 65.4 Å².